The van der Waals surface area contributed by atoms with Gasteiger partial charge in [-0.2, -0.15) is 0 Å². The SMILES string of the molecule is CC(C)C(C)C(Cl)c1ccc2c(c1)CCC(=O)N2. The number of alkyl halides is 1. The molecule has 1 aliphatic rings. The van der Waals surface area contributed by atoms with Crippen LogP contribution in [0.15, 0.2) is 18.2 Å². The Labute approximate surface area is 114 Å². The third-order valence-corrected chi connectivity index (χ3v) is 4.51. The summed E-state index contributed by atoms with van der Waals surface area (Å²) < 4.78 is 0. The maximum absolute atomic E-state index is 11.3. The average Bonchev–Trinajstić information content (AvgIpc) is 2.36. The van der Waals surface area contributed by atoms with Crippen molar-refractivity contribution < 1.29 is 4.79 Å². The predicted molar refractivity (Wildman–Crippen MR) is 76.0 cm³/mol. The molecule has 1 aromatic carbocycles. The number of anilines is 1. The minimum absolute atomic E-state index is 0.0351. The van der Waals surface area contributed by atoms with Crippen molar-refractivity contribution in [3.63, 3.8) is 0 Å². The molecule has 98 valence electrons. The Balaban J connectivity index is 2.23. The Morgan fingerprint density at radius 2 is 1.94 bits per heavy atom. The van der Waals surface area contributed by atoms with E-state index >= 15 is 0 Å². The van der Waals surface area contributed by atoms with Gasteiger partial charge in [-0.1, -0.05) is 32.9 Å². The maximum Gasteiger partial charge on any atom is 0.224 e. The van der Waals surface area contributed by atoms with Crippen molar-refractivity contribution in [1.29, 1.82) is 0 Å². The van der Waals surface area contributed by atoms with Crippen LogP contribution in [0, 0.1) is 11.8 Å². The van der Waals surface area contributed by atoms with Gasteiger partial charge in [0.05, 0.1) is 5.38 Å². The third-order valence-electron chi connectivity index (χ3n) is 3.86. The number of rotatable bonds is 3. The molecule has 2 atom stereocenters. The summed E-state index contributed by atoms with van der Waals surface area (Å²) in [6, 6.07) is 6.15. The van der Waals surface area contributed by atoms with Crippen molar-refractivity contribution in [2.75, 3.05) is 5.32 Å². The van der Waals surface area contributed by atoms with E-state index < -0.39 is 0 Å². The van der Waals surface area contributed by atoms with Crippen LogP contribution in [0.1, 0.15) is 43.7 Å². The Morgan fingerprint density at radius 1 is 1.22 bits per heavy atom. The molecular formula is C15H20ClNO. The van der Waals surface area contributed by atoms with E-state index in [1.54, 1.807) is 0 Å². The highest BCUT2D eigenvalue weighted by atomic mass is 35.5. The molecule has 0 fully saturated rings. The zero-order valence-electron chi connectivity index (χ0n) is 11.2. The molecule has 0 radical (unpaired) electrons. The zero-order chi connectivity index (χ0) is 13.3. The van der Waals surface area contributed by atoms with Crippen LogP contribution >= 0.6 is 11.6 Å². The molecule has 1 heterocycles. The summed E-state index contributed by atoms with van der Waals surface area (Å²) in [4.78, 5) is 11.3. The second-order valence-corrected chi connectivity index (χ2v) is 5.94. The van der Waals surface area contributed by atoms with E-state index in [2.05, 4.69) is 32.2 Å². The quantitative estimate of drug-likeness (QED) is 0.818. The van der Waals surface area contributed by atoms with E-state index in [9.17, 15) is 4.79 Å². The molecule has 0 spiro atoms. The molecule has 0 saturated heterocycles. The predicted octanol–water partition coefficient (Wildman–Crippen LogP) is 4.14. The van der Waals surface area contributed by atoms with E-state index in [-0.39, 0.29) is 11.3 Å². The van der Waals surface area contributed by atoms with Crippen molar-refractivity contribution in [2.24, 2.45) is 11.8 Å². The molecule has 18 heavy (non-hydrogen) atoms. The van der Waals surface area contributed by atoms with Crippen LogP contribution in [0.2, 0.25) is 0 Å². The highest BCUT2D eigenvalue weighted by Crippen LogP contribution is 2.35. The number of carbonyl (C=O) groups excluding carboxylic acids is 1. The number of halogens is 1. The Hall–Kier alpha value is -1.02. The minimum Gasteiger partial charge on any atom is -0.326 e. The second-order valence-electron chi connectivity index (χ2n) is 5.47. The van der Waals surface area contributed by atoms with E-state index in [4.69, 9.17) is 11.6 Å². The summed E-state index contributed by atoms with van der Waals surface area (Å²) in [6.07, 6.45) is 1.39. The molecule has 1 N–H and O–H groups in total. The fourth-order valence-electron chi connectivity index (χ4n) is 2.22. The van der Waals surface area contributed by atoms with Gasteiger partial charge in [0, 0.05) is 12.1 Å². The van der Waals surface area contributed by atoms with E-state index in [1.165, 1.54) is 5.56 Å². The van der Waals surface area contributed by atoms with Gasteiger partial charge in [0.1, 0.15) is 0 Å². The molecule has 0 bridgehead atoms. The van der Waals surface area contributed by atoms with Gasteiger partial charge in [-0.05, 0) is 35.4 Å². The highest BCUT2D eigenvalue weighted by Gasteiger charge is 2.22. The standard InChI is InChI=1S/C15H20ClNO/c1-9(2)10(3)15(16)12-4-6-13-11(8-12)5-7-14(18)17-13/h4,6,8-10,15H,5,7H2,1-3H3,(H,17,18). The number of benzene rings is 1. The molecule has 1 aromatic rings. The first-order chi connectivity index (χ1) is 8.49. The molecule has 0 aromatic heterocycles. The lowest BCUT2D eigenvalue weighted by Gasteiger charge is -2.24. The van der Waals surface area contributed by atoms with Crippen LogP contribution in [0.4, 0.5) is 5.69 Å². The summed E-state index contributed by atoms with van der Waals surface area (Å²) in [5.41, 5.74) is 3.30. The largest absolute Gasteiger partial charge is 0.326 e. The van der Waals surface area contributed by atoms with Crippen LogP contribution in [-0.2, 0) is 11.2 Å². The topological polar surface area (TPSA) is 29.1 Å². The zero-order valence-corrected chi connectivity index (χ0v) is 11.9. The lowest BCUT2D eigenvalue weighted by atomic mass is 9.89. The van der Waals surface area contributed by atoms with Gasteiger partial charge in [-0.25, -0.2) is 0 Å². The van der Waals surface area contributed by atoms with Gasteiger partial charge in [-0.15, -0.1) is 11.6 Å². The van der Waals surface area contributed by atoms with Gasteiger partial charge in [-0.3, -0.25) is 4.79 Å². The smallest absolute Gasteiger partial charge is 0.224 e. The molecule has 2 unspecified atom stereocenters. The fourth-order valence-corrected chi connectivity index (χ4v) is 2.64. The second kappa shape index (κ2) is 5.31. The van der Waals surface area contributed by atoms with E-state index in [1.807, 2.05) is 12.1 Å². The van der Waals surface area contributed by atoms with Crippen molar-refractivity contribution >= 4 is 23.2 Å². The highest BCUT2D eigenvalue weighted by molar-refractivity contribution is 6.21. The summed E-state index contributed by atoms with van der Waals surface area (Å²) in [7, 11) is 0. The normalized spacial score (nSPS) is 18.2. The Morgan fingerprint density at radius 3 is 2.61 bits per heavy atom. The van der Waals surface area contributed by atoms with Gasteiger partial charge in [0.2, 0.25) is 5.91 Å². The minimum atomic E-state index is 0.0351. The molecule has 0 aliphatic carbocycles. The van der Waals surface area contributed by atoms with Crippen LogP contribution in [0.25, 0.3) is 0 Å². The van der Waals surface area contributed by atoms with E-state index in [0.717, 1.165) is 17.7 Å². The number of hydrogen-bond donors (Lipinski definition) is 1. The van der Waals surface area contributed by atoms with Crippen molar-refractivity contribution in [3.05, 3.63) is 29.3 Å². The number of amides is 1. The van der Waals surface area contributed by atoms with Crippen LogP contribution in [0.3, 0.4) is 0 Å². The Kier molecular flexibility index (Phi) is 3.96. The van der Waals surface area contributed by atoms with E-state index in [0.29, 0.717) is 18.3 Å². The van der Waals surface area contributed by atoms with Crippen molar-refractivity contribution in [1.82, 2.24) is 0 Å². The van der Waals surface area contributed by atoms with Crippen LogP contribution in [0.5, 0.6) is 0 Å². The third kappa shape index (κ3) is 2.69. The van der Waals surface area contributed by atoms with Gasteiger partial charge >= 0.3 is 0 Å². The summed E-state index contributed by atoms with van der Waals surface area (Å²) >= 11 is 6.54. The average molecular weight is 266 g/mol. The number of hydrogen-bond acceptors (Lipinski definition) is 1. The first-order valence-electron chi connectivity index (χ1n) is 6.55. The van der Waals surface area contributed by atoms with Crippen molar-refractivity contribution in [2.45, 2.75) is 39.0 Å². The Bertz CT molecular complexity index is 456. The molecule has 2 nitrogen and oxygen atoms in total. The first kappa shape index (κ1) is 13.4. The number of nitrogens with one attached hydrogen (secondary N) is 1. The fraction of sp³-hybridized carbons (Fsp3) is 0.533. The van der Waals surface area contributed by atoms with Crippen molar-refractivity contribution in [3.8, 4) is 0 Å². The van der Waals surface area contributed by atoms with Gasteiger partial charge in [0.15, 0.2) is 0 Å². The summed E-state index contributed by atoms with van der Waals surface area (Å²) in [5, 5.41) is 2.93. The maximum atomic E-state index is 11.3. The summed E-state index contributed by atoms with van der Waals surface area (Å²) in [5.74, 6) is 1.10. The lowest BCUT2D eigenvalue weighted by molar-refractivity contribution is -0.116. The molecule has 3 heteroatoms. The number of carbonyl (C=O) groups is 1. The first-order valence-corrected chi connectivity index (χ1v) is 6.99. The number of aryl methyl sites for hydroxylation is 1. The van der Waals surface area contributed by atoms with Gasteiger partial charge in [0.25, 0.3) is 0 Å². The van der Waals surface area contributed by atoms with Gasteiger partial charge < -0.3 is 5.32 Å². The summed E-state index contributed by atoms with van der Waals surface area (Å²) in [6.45, 7) is 6.57. The molecule has 1 amide bonds. The van der Waals surface area contributed by atoms with Crippen LogP contribution in [-0.4, -0.2) is 5.91 Å². The molecule has 1 aliphatic heterocycles. The monoisotopic (exact) mass is 265 g/mol. The van der Waals surface area contributed by atoms with Crippen LogP contribution < -0.4 is 5.32 Å². The molecular weight excluding hydrogens is 246 g/mol. The molecule has 0 saturated carbocycles. The lowest BCUT2D eigenvalue weighted by Crippen LogP contribution is -2.19. The number of fused-ring (bicyclic) bond motifs is 1. The molecule has 2 rings (SSSR count).